The number of rotatable bonds is 4. The number of aliphatic hydroxyl groups excluding tert-OH is 1. The predicted molar refractivity (Wildman–Crippen MR) is 141 cm³/mol. The van der Waals surface area contributed by atoms with E-state index in [2.05, 4.69) is 5.10 Å². The summed E-state index contributed by atoms with van der Waals surface area (Å²) in [4.78, 5) is 31.3. The van der Waals surface area contributed by atoms with Gasteiger partial charge in [0.15, 0.2) is 0 Å². The van der Waals surface area contributed by atoms with E-state index >= 15 is 0 Å². The SMILES string of the molecule is CC(C)(C)OC(=O)N1CCN(C(=O)c2cnn3ccc(N4CCC[C@@H]4c4cc(F)ccc4F)cc23)CC1CO. The Balaban J connectivity index is 1.38. The zero-order valence-electron chi connectivity index (χ0n) is 22.3. The smallest absolute Gasteiger partial charge is 0.410 e. The van der Waals surface area contributed by atoms with Gasteiger partial charge in [-0.2, -0.15) is 5.10 Å². The molecule has 0 bridgehead atoms. The van der Waals surface area contributed by atoms with Crippen molar-refractivity contribution >= 4 is 23.2 Å². The van der Waals surface area contributed by atoms with E-state index in [1.807, 2.05) is 17.0 Å². The molecule has 208 valence electrons. The quantitative estimate of drug-likeness (QED) is 0.537. The highest BCUT2D eigenvalue weighted by molar-refractivity contribution is 6.01. The van der Waals surface area contributed by atoms with Gasteiger partial charge in [0.25, 0.3) is 5.91 Å². The van der Waals surface area contributed by atoms with Crippen LogP contribution in [0.4, 0.5) is 19.3 Å². The molecule has 2 aromatic heterocycles. The summed E-state index contributed by atoms with van der Waals surface area (Å²) in [6, 6.07) is 6.29. The third-order valence-corrected chi connectivity index (χ3v) is 7.25. The van der Waals surface area contributed by atoms with Gasteiger partial charge < -0.3 is 19.6 Å². The van der Waals surface area contributed by atoms with Gasteiger partial charge in [0.1, 0.15) is 17.2 Å². The molecule has 2 fully saturated rings. The maximum absolute atomic E-state index is 14.6. The van der Waals surface area contributed by atoms with Gasteiger partial charge in [-0.3, -0.25) is 9.69 Å². The van der Waals surface area contributed by atoms with Crippen molar-refractivity contribution in [1.82, 2.24) is 19.4 Å². The fraction of sp³-hybridized carbons (Fsp3) is 0.464. The summed E-state index contributed by atoms with van der Waals surface area (Å²) < 4.78 is 35.6. The van der Waals surface area contributed by atoms with E-state index in [1.165, 1.54) is 17.2 Å². The van der Waals surface area contributed by atoms with Crippen LogP contribution in [-0.2, 0) is 4.74 Å². The van der Waals surface area contributed by atoms with E-state index in [1.54, 1.807) is 36.4 Å². The third kappa shape index (κ3) is 5.40. The van der Waals surface area contributed by atoms with Crippen LogP contribution < -0.4 is 4.90 Å². The summed E-state index contributed by atoms with van der Waals surface area (Å²) >= 11 is 0. The van der Waals surface area contributed by atoms with Crippen molar-refractivity contribution in [3.63, 3.8) is 0 Å². The van der Waals surface area contributed by atoms with Gasteiger partial charge in [-0.25, -0.2) is 18.1 Å². The molecule has 2 amide bonds. The zero-order chi connectivity index (χ0) is 27.9. The van der Waals surface area contributed by atoms with Crippen LogP contribution in [0.15, 0.2) is 42.7 Å². The van der Waals surface area contributed by atoms with E-state index in [9.17, 15) is 23.5 Å². The van der Waals surface area contributed by atoms with Crippen LogP contribution in [0.2, 0.25) is 0 Å². The minimum absolute atomic E-state index is 0.151. The van der Waals surface area contributed by atoms with Crippen LogP contribution in [0, 0.1) is 11.6 Å². The molecule has 1 unspecified atom stereocenters. The molecular weight excluding hydrogens is 508 g/mol. The van der Waals surface area contributed by atoms with E-state index in [4.69, 9.17) is 4.74 Å². The number of fused-ring (bicyclic) bond motifs is 1. The summed E-state index contributed by atoms with van der Waals surface area (Å²) in [5.41, 5.74) is 1.39. The molecule has 2 saturated heterocycles. The fourth-order valence-electron chi connectivity index (χ4n) is 5.41. The number of halogens is 2. The van der Waals surface area contributed by atoms with Crippen molar-refractivity contribution in [2.45, 2.75) is 51.3 Å². The fourth-order valence-corrected chi connectivity index (χ4v) is 5.41. The Morgan fingerprint density at radius 1 is 1.13 bits per heavy atom. The summed E-state index contributed by atoms with van der Waals surface area (Å²) in [6.45, 7) is 6.33. The predicted octanol–water partition coefficient (Wildman–Crippen LogP) is 4.01. The van der Waals surface area contributed by atoms with Gasteiger partial charge in [-0.05, 0) is 63.9 Å². The lowest BCUT2D eigenvalue weighted by Crippen LogP contribution is -2.58. The Morgan fingerprint density at radius 2 is 1.92 bits per heavy atom. The van der Waals surface area contributed by atoms with Crippen LogP contribution in [0.25, 0.3) is 5.52 Å². The largest absolute Gasteiger partial charge is 0.444 e. The molecule has 0 radical (unpaired) electrons. The second kappa shape index (κ2) is 10.4. The summed E-state index contributed by atoms with van der Waals surface area (Å²) in [5, 5.41) is 14.3. The monoisotopic (exact) mass is 541 g/mol. The van der Waals surface area contributed by atoms with E-state index in [-0.39, 0.29) is 38.2 Å². The number of benzene rings is 1. The van der Waals surface area contributed by atoms with Crippen molar-refractivity contribution in [1.29, 1.82) is 0 Å². The Labute approximate surface area is 225 Å². The topological polar surface area (TPSA) is 90.6 Å². The molecule has 0 saturated carbocycles. The van der Waals surface area contributed by atoms with E-state index in [0.717, 1.165) is 24.2 Å². The minimum Gasteiger partial charge on any atom is -0.444 e. The second-order valence-electron chi connectivity index (χ2n) is 11.1. The first-order valence-electron chi connectivity index (χ1n) is 13.1. The molecule has 2 aliphatic rings. The molecule has 39 heavy (non-hydrogen) atoms. The maximum atomic E-state index is 14.6. The third-order valence-electron chi connectivity index (χ3n) is 7.25. The first-order valence-corrected chi connectivity index (χ1v) is 13.1. The number of ether oxygens (including phenoxy) is 1. The highest BCUT2D eigenvalue weighted by Crippen LogP contribution is 2.38. The number of carbonyl (C=O) groups is 2. The van der Waals surface area contributed by atoms with Crippen molar-refractivity contribution in [2.24, 2.45) is 0 Å². The molecule has 0 spiro atoms. The number of pyridine rings is 1. The first kappa shape index (κ1) is 26.9. The Bertz CT molecular complexity index is 1390. The highest BCUT2D eigenvalue weighted by Gasteiger charge is 2.36. The van der Waals surface area contributed by atoms with Crippen molar-refractivity contribution in [3.8, 4) is 0 Å². The number of amides is 2. The van der Waals surface area contributed by atoms with Crippen LogP contribution in [0.3, 0.4) is 0 Å². The van der Waals surface area contributed by atoms with E-state index < -0.39 is 29.4 Å². The van der Waals surface area contributed by atoms with Gasteiger partial charge in [-0.1, -0.05) is 0 Å². The van der Waals surface area contributed by atoms with Gasteiger partial charge in [0, 0.05) is 43.6 Å². The molecule has 2 aliphatic heterocycles. The van der Waals surface area contributed by atoms with Crippen LogP contribution in [0.5, 0.6) is 0 Å². The number of hydrogen-bond donors (Lipinski definition) is 1. The van der Waals surface area contributed by atoms with Gasteiger partial charge >= 0.3 is 6.09 Å². The lowest BCUT2D eigenvalue weighted by molar-refractivity contribution is -0.00982. The number of nitrogens with zero attached hydrogens (tertiary/aromatic N) is 5. The van der Waals surface area contributed by atoms with Gasteiger partial charge in [-0.15, -0.1) is 0 Å². The maximum Gasteiger partial charge on any atom is 0.410 e. The van der Waals surface area contributed by atoms with Crippen LogP contribution >= 0.6 is 0 Å². The highest BCUT2D eigenvalue weighted by atomic mass is 19.1. The molecule has 2 atom stereocenters. The van der Waals surface area contributed by atoms with Crippen LogP contribution in [0.1, 0.15) is 55.6 Å². The standard InChI is InChI=1S/C28H33F2N5O4/c1-28(2,3)39-27(38)34-12-11-32(16-20(34)17-36)26(37)22-15-31-35-10-8-19(14-25(22)35)33-9-4-5-24(33)21-13-18(29)6-7-23(21)30/h6-8,10,13-15,20,24,36H,4-5,9,11-12,16-17H2,1-3H3/t20?,24-/m1/s1. The molecule has 11 heteroatoms. The molecule has 3 aromatic rings. The average Bonchev–Trinajstić information content (AvgIpc) is 3.55. The number of aliphatic hydroxyl groups is 1. The Morgan fingerprint density at radius 3 is 2.67 bits per heavy atom. The molecule has 9 nitrogen and oxygen atoms in total. The normalized spacial score (nSPS) is 20.1. The lowest BCUT2D eigenvalue weighted by Gasteiger charge is -2.40. The second-order valence-corrected chi connectivity index (χ2v) is 11.1. The number of aromatic nitrogens is 2. The molecule has 4 heterocycles. The van der Waals surface area contributed by atoms with Gasteiger partial charge in [0.05, 0.1) is 36.0 Å². The molecule has 1 N–H and O–H groups in total. The number of piperazine rings is 1. The van der Waals surface area contributed by atoms with Crippen LogP contribution in [-0.4, -0.2) is 80.9 Å². The van der Waals surface area contributed by atoms with Gasteiger partial charge in [0.2, 0.25) is 0 Å². The van der Waals surface area contributed by atoms with Crippen molar-refractivity contribution < 1.29 is 28.2 Å². The van der Waals surface area contributed by atoms with Crippen molar-refractivity contribution in [3.05, 3.63) is 65.5 Å². The number of anilines is 1. The van der Waals surface area contributed by atoms with E-state index in [0.29, 0.717) is 29.6 Å². The summed E-state index contributed by atoms with van der Waals surface area (Å²) in [7, 11) is 0. The zero-order valence-corrected chi connectivity index (χ0v) is 22.3. The lowest BCUT2D eigenvalue weighted by atomic mass is 10.0. The molecule has 1 aromatic carbocycles. The Kier molecular flexibility index (Phi) is 7.19. The molecular formula is C28H33F2N5O4. The number of hydrogen-bond acceptors (Lipinski definition) is 6. The summed E-state index contributed by atoms with van der Waals surface area (Å²) in [6.07, 6.45) is 4.23. The molecule has 5 rings (SSSR count). The molecule has 0 aliphatic carbocycles. The Hall–Kier alpha value is -3.73. The first-order chi connectivity index (χ1) is 18.6. The average molecular weight is 542 g/mol. The minimum atomic E-state index is -0.673. The number of carbonyl (C=O) groups excluding carboxylic acids is 2. The summed E-state index contributed by atoms with van der Waals surface area (Å²) in [5.74, 6) is -1.19. The van der Waals surface area contributed by atoms with Crippen molar-refractivity contribution in [2.75, 3.05) is 37.7 Å².